The van der Waals surface area contributed by atoms with E-state index < -0.39 is 20.3 Å². The Labute approximate surface area is 209 Å². The molecular weight excluding hydrogens is 315 g/mol. The van der Waals surface area contributed by atoms with Gasteiger partial charge in [-0.25, -0.2) is 0 Å². The molecule has 0 saturated carbocycles. The van der Waals surface area contributed by atoms with Crippen LogP contribution < -0.4 is 0 Å². The maximum Gasteiger partial charge on any atom is 0.369 e. The Morgan fingerprint density at radius 1 is 0.857 bits per heavy atom. The first-order valence-electron chi connectivity index (χ1n) is 2.34. The van der Waals surface area contributed by atoms with Gasteiger partial charge >= 0.3 is 15.2 Å². The van der Waals surface area contributed by atoms with Gasteiger partial charge in [0.25, 0.3) is 5.08 Å². The second-order valence-corrected chi connectivity index (χ2v) is 6.33. The summed E-state index contributed by atoms with van der Waals surface area (Å²) in [6, 6.07) is 0. The molecule has 71 valence electrons. The van der Waals surface area contributed by atoms with Crippen molar-refractivity contribution in [2.75, 3.05) is 0 Å². The van der Waals surface area contributed by atoms with E-state index in [0.29, 0.717) is 6.92 Å². The first kappa shape index (κ1) is 27.5. The van der Waals surface area contributed by atoms with Gasteiger partial charge in [0.2, 0.25) is 0 Å². The Morgan fingerprint density at radius 2 is 1.00 bits per heavy atom. The van der Waals surface area contributed by atoms with Crippen LogP contribution in [-0.4, -0.2) is 184 Å². The Hall–Kier alpha value is 5.17. The van der Waals surface area contributed by atoms with E-state index in [-0.39, 0.29) is 154 Å². The summed E-state index contributed by atoms with van der Waals surface area (Å²) in [5, 5.41) is 5.37. The Kier molecular flexibility index (Phi) is 19.6. The first-order valence-corrected chi connectivity index (χ1v) is 5.56. The smallest absolute Gasteiger partial charge is 0.368 e. The number of rotatable bonds is 2. The molecule has 14 heavy (non-hydrogen) atoms. The standard InChI is InChI=1S/C2H8O7P2.3K/c1-2(3,10(4,5)6)11(7,8)9;;;/h3H,1H3,(H2,4,5,6)(H2,7,8,9);;;. The molecular formula is C2H8K3O7P2. The molecule has 0 fully saturated rings. The van der Waals surface area contributed by atoms with Crippen molar-refractivity contribution >= 4 is 169 Å². The molecule has 5 N–H and O–H groups in total. The van der Waals surface area contributed by atoms with E-state index in [0.717, 1.165) is 0 Å². The van der Waals surface area contributed by atoms with Gasteiger partial charge in [0.1, 0.15) is 0 Å². The van der Waals surface area contributed by atoms with Crippen LogP contribution in [0, 0.1) is 0 Å². The maximum atomic E-state index is 10.3. The molecule has 0 amide bonds. The van der Waals surface area contributed by atoms with Crippen LogP contribution in [0.5, 0.6) is 0 Å². The molecule has 0 saturated heterocycles. The van der Waals surface area contributed by atoms with Gasteiger partial charge in [0.15, 0.2) is 0 Å². The van der Waals surface area contributed by atoms with Crippen molar-refractivity contribution in [3.05, 3.63) is 0 Å². The Bertz CT molecular complexity index is 217. The quantitative estimate of drug-likeness (QED) is 0.289. The summed E-state index contributed by atoms with van der Waals surface area (Å²) in [6.07, 6.45) is 0. The van der Waals surface area contributed by atoms with E-state index in [2.05, 4.69) is 0 Å². The van der Waals surface area contributed by atoms with E-state index >= 15 is 0 Å². The van der Waals surface area contributed by atoms with Crippen molar-refractivity contribution < 1.29 is 33.8 Å². The molecule has 12 heteroatoms. The summed E-state index contributed by atoms with van der Waals surface area (Å²) in [6.45, 7) is 0.383. The molecule has 0 aliphatic rings. The fourth-order valence-corrected chi connectivity index (χ4v) is 1.53. The molecule has 0 rings (SSSR count). The van der Waals surface area contributed by atoms with Gasteiger partial charge in [-0.3, -0.25) is 9.13 Å². The Morgan fingerprint density at radius 3 is 1.00 bits per heavy atom. The van der Waals surface area contributed by atoms with E-state index in [1.54, 1.807) is 0 Å². The molecule has 0 heterocycles. The molecule has 0 aliphatic heterocycles. The largest absolute Gasteiger partial charge is 0.369 e. The maximum absolute atomic E-state index is 10.3. The predicted octanol–water partition coefficient (Wildman–Crippen LogP) is -2.13. The summed E-state index contributed by atoms with van der Waals surface area (Å²) < 4.78 is 20.5. The monoisotopic (exact) mass is 323 g/mol. The molecule has 0 aromatic heterocycles. The van der Waals surface area contributed by atoms with Crippen molar-refractivity contribution in [3.8, 4) is 0 Å². The van der Waals surface area contributed by atoms with Crippen molar-refractivity contribution in [2.24, 2.45) is 0 Å². The van der Waals surface area contributed by atoms with Crippen molar-refractivity contribution in [3.63, 3.8) is 0 Å². The Balaban J connectivity index is -0.000000167. The van der Waals surface area contributed by atoms with Crippen molar-refractivity contribution in [1.29, 1.82) is 0 Å². The third kappa shape index (κ3) is 8.36. The molecule has 0 spiro atoms. The van der Waals surface area contributed by atoms with Gasteiger partial charge in [0, 0.05) is 154 Å². The molecule has 0 aromatic rings. The second kappa shape index (κ2) is 9.98. The topological polar surface area (TPSA) is 135 Å². The van der Waals surface area contributed by atoms with Gasteiger partial charge in [-0.1, -0.05) is 0 Å². The van der Waals surface area contributed by atoms with Crippen LogP contribution in [0.25, 0.3) is 0 Å². The van der Waals surface area contributed by atoms with Crippen molar-refractivity contribution in [1.82, 2.24) is 0 Å². The predicted molar refractivity (Wildman–Crippen MR) is 52.0 cm³/mol. The third-order valence-corrected chi connectivity index (χ3v) is 4.87. The average molecular weight is 323 g/mol. The zero-order chi connectivity index (χ0) is 9.50. The normalized spacial score (nSPS) is 11.9. The summed E-state index contributed by atoms with van der Waals surface area (Å²) >= 11 is 0. The minimum Gasteiger partial charge on any atom is -0.368 e. The van der Waals surface area contributed by atoms with Crippen LogP contribution >= 0.6 is 15.2 Å². The first-order chi connectivity index (χ1) is 4.50. The van der Waals surface area contributed by atoms with E-state index in [9.17, 15) is 9.13 Å². The van der Waals surface area contributed by atoms with Gasteiger partial charge in [-0.05, 0) is 6.92 Å². The minimum absolute atomic E-state index is 0. The van der Waals surface area contributed by atoms with Crippen LogP contribution in [0.3, 0.4) is 0 Å². The van der Waals surface area contributed by atoms with Crippen LogP contribution in [-0.2, 0) is 9.13 Å². The van der Waals surface area contributed by atoms with Crippen LogP contribution in [0.1, 0.15) is 6.92 Å². The SMILES string of the molecule is CC(O)(P(=O)(O)O)P(=O)(O)O.[K].[K].[K]. The minimum atomic E-state index is -5.20. The van der Waals surface area contributed by atoms with Gasteiger partial charge < -0.3 is 24.7 Å². The van der Waals surface area contributed by atoms with E-state index in [4.69, 9.17) is 24.7 Å². The molecule has 0 aliphatic carbocycles. The third-order valence-electron chi connectivity index (χ3n) is 1.10. The number of hydrogen-bond acceptors (Lipinski definition) is 3. The summed E-state index contributed by atoms with van der Waals surface area (Å²) in [7, 11) is -10.4. The van der Waals surface area contributed by atoms with Gasteiger partial charge in [0.05, 0.1) is 0 Å². The molecule has 0 bridgehead atoms. The number of aliphatic hydroxyl groups is 1. The molecule has 3 radical (unpaired) electrons. The van der Waals surface area contributed by atoms with E-state index in [1.165, 1.54) is 0 Å². The zero-order valence-corrected chi connectivity index (χ0v) is 19.6. The molecule has 7 nitrogen and oxygen atoms in total. The molecule has 0 unspecified atom stereocenters. The van der Waals surface area contributed by atoms with Crippen molar-refractivity contribution in [2.45, 2.75) is 12.0 Å². The fourth-order valence-electron chi connectivity index (χ4n) is 0.170. The van der Waals surface area contributed by atoms with Crippen LogP contribution in [0.4, 0.5) is 0 Å². The molecule has 0 aromatic carbocycles. The van der Waals surface area contributed by atoms with Gasteiger partial charge in [-0.15, -0.1) is 0 Å². The van der Waals surface area contributed by atoms with Crippen LogP contribution in [0.2, 0.25) is 0 Å². The van der Waals surface area contributed by atoms with Gasteiger partial charge in [-0.2, -0.15) is 0 Å². The average Bonchev–Trinajstić information content (AvgIpc) is 1.58. The zero-order valence-electron chi connectivity index (χ0n) is 8.45. The number of hydrogen-bond donors (Lipinski definition) is 5. The summed E-state index contributed by atoms with van der Waals surface area (Å²) in [5.41, 5.74) is 0. The van der Waals surface area contributed by atoms with Crippen LogP contribution in [0.15, 0.2) is 0 Å². The molecule has 0 atom stereocenters. The summed E-state index contributed by atoms with van der Waals surface area (Å²) in [5.74, 6) is 0. The van der Waals surface area contributed by atoms with E-state index in [1.807, 2.05) is 0 Å². The summed E-state index contributed by atoms with van der Waals surface area (Å²) in [4.78, 5) is 33.0. The second-order valence-electron chi connectivity index (χ2n) is 2.06. The fraction of sp³-hybridized carbons (Fsp3) is 1.00.